The number of hydrogen-bond acceptors (Lipinski definition) is 7. The Labute approximate surface area is 214 Å². The van der Waals surface area contributed by atoms with Crippen LogP contribution in [0.1, 0.15) is 42.6 Å². The second-order valence-corrected chi connectivity index (χ2v) is 10.1. The van der Waals surface area contributed by atoms with E-state index in [2.05, 4.69) is 9.88 Å². The molecule has 0 aliphatic carbocycles. The predicted octanol–water partition coefficient (Wildman–Crippen LogP) is 4.28. The van der Waals surface area contributed by atoms with E-state index in [9.17, 15) is 14.4 Å². The molecule has 1 aromatic heterocycles. The fourth-order valence-electron chi connectivity index (χ4n) is 3.89. The van der Waals surface area contributed by atoms with Crippen LogP contribution in [0.3, 0.4) is 0 Å². The van der Waals surface area contributed by atoms with Gasteiger partial charge < -0.3 is 14.6 Å². The maximum Gasteiger partial charge on any atom is 0.259 e. The van der Waals surface area contributed by atoms with Gasteiger partial charge in [0, 0.05) is 50.3 Å². The maximum atomic E-state index is 12.8. The van der Waals surface area contributed by atoms with Gasteiger partial charge in [0.05, 0.1) is 10.2 Å². The summed E-state index contributed by atoms with van der Waals surface area (Å²) in [7, 11) is 2.02. The standard InChI is InChI=1S/C27H30N4O4S/c1-18(2)21-17-20(23(33)10-12-26(34)30-15-13-29(4)14-16-30)9-11-24(21)35-31(19(3)32)27-28-22-7-5-6-8-25(22)36-27/h5-12,17-18H,13-16H2,1-4H3. The van der Waals surface area contributed by atoms with Gasteiger partial charge in [-0.15, -0.1) is 5.06 Å². The second kappa shape index (κ2) is 11.0. The molecular formula is C27H30N4O4S. The van der Waals surface area contributed by atoms with Gasteiger partial charge in [-0.1, -0.05) is 37.3 Å². The van der Waals surface area contributed by atoms with Gasteiger partial charge in [-0.25, -0.2) is 4.98 Å². The smallest absolute Gasteiger partial charge is 0.259 e. The minimum Gasteiger partial charge on any atom is -0.369 e. The number of anilines is 1. The third-order valence-electron chi connectivity index (χ3n) is 6.04. The third-order valence-corrected chi connectivity index (χ3v) is 7.05. The number of carbonyl (C=O) groups excluding carboxylic acids is 3. The number of likely N-dealkylation sites (N-methyl/N-ethyl adjacent to an activating group) is 1. The SMILES string of the molecule is CC(=O)N(Oc1ccc(C(=O)C=CC(=O)N2CCN(C)CC2)cc1C(C)C)c1nc2ccccc2s1. The zero-order valence-corrected chi connectivity index (χ0v) is 21.7. The number of fused-ring (bicyclic) bond motifs is 1. The minimum absolute atomic E-state index is 0.0212. The van der Waals surface area contributed by atoms with Crippen molar-refractivity contribution in [2.45, 2.75) is 26.7 Å². The van der Waals surface area contributed by atoms with Crippen LogP contribution in [-0.2, 0) is 9.59 Å². The Bertz CT molecular complexity index is 1280. The van der Waals surface area contributed by atoms with Crippen LogP contribution in [0.5, 0.6) is 5.75 Å². The number of para-hydroxylation sites is 1. The third kappa shape index (κ3) is 5.80. The first kappa shape index (κ1) is 25.5. The number of ketones is 1. The predicted molar refractivity (Wildman–Crippen MR) is 141 cm³/mol. The number of allylic oxidation sites excluding steroid dienone is 1. The molecule has 0 bridgehead atoms. The lowest BCUT2D eigenvalue weighted by atomic mass is 9.98. The average molecular weight is 507 g/mol. The highest BCUT2D eigenvalue weighted by molar-refractivity contribution is 7.22. The van der Waals surface area contributed by atoms with Gasteiger partial charge in [0.25, 0.3) is 5.91 Å². The molecule has 2 heterocycles. The molecule has 36 heavy (non-hydrogen) atoms. The normalized spacial score (nSPS) is 14.5. The Morgan fingerprint density at radius 3 is 2.44 bits per heavy atom. The highest BCUT2D eigenvalue weighted by atomic mass is 32.1. The number of hydroxylamine groups is 1. The number of rotatable bonds is 7. The Hall–Kier alpha value is -3.56. The van der Waals surface area contributed by atoms with Crippen molar-refractivity contribution in [3.63, 3.8) is 0 Å². The first-order valence-corrected chi connectivity index (χ1v) is 12.7. The lowest BCUT2D eigenvalue weighted by Crippen LogP contribution is -2.46. The average Bonchev–Trinajstić information content (AvgIpc) is 3.29. The number of carbonyl (C=O) groups is 3. The van der Waals surface area contributed by atoms with E-state index in [4.69, 9.17) is 4.84 Å². The molecule has 2 aromatic carbocycles. The van der Waals surface area contributed by atoms with E-state index in [1.165, 1.54) is 35.5 Å². The van der Waals surface area contributed by atoms with Gasteiger partial charge in [0.15, 0.2) is 11.5 Å². The summed E-state index contributed by atoms with van der Waals surface area (Å²) in [5, 5.41) is 1.62. The molecule has 0 saturated carbocycles. The van der Waals surface area contributed by atoms with Crippen molar-refractivity contribution in [1.82, 2.24) is 14.8 Å². The lowest BCUT2D eigenvalue weighted by molar-refractivity contribution is -0.127. The first-order valence-electron chi connectivity index (χ1n) is 11.9. The quantitative estimate of drug-likeness (QED) is 0.270. The molecule has 188 valence electrons. The summed E-state index contributed by atoms with van der Waals surface area (Å²) in [5.74, 6) is -0.246. The summed E-state index contributed by atoms with van der Waals surface area (Å²) < 4.78 is 0.949. The molecule has 4 rings (SSSR count). The zero-order valence-electron chi connectivity index (χ0n) is 20.9. The Morgan fingerprint density at radius 1 is 1.06 bits per heavy atom. The fraction of sp³-hybridized carbons (Fsp3) is 0.333. The van der Waals surface area contributed by atoms with E-state index in [0.717, 1.165) is 28.9 Å². The molecule has 1 aliphatic rings. The molecule has 0 N–H and O–H groups in total. The monoisotopic (exact) mass is 506 g/mol. The number of amides is 2. The van der Waals surface area contributed by atoms with Gasteiger partial charge in [0.2, 0.25) is 11.0 Å². The summed E-state index contributed by atoms with van der Waals surface area (Å²) in [6.45, 7) is 8.33. The zero-order chi connectivity index (χ0) is 25.8. The van der Waals surface area contributed by atoms with Crippen LogP contribution >= 0.6 is 11.3 Å². The molecule has 0 radical (unpaired) electrons. The van der Waals surface area contributed by atoms with Crippen molar-refractivity contribution in [3.8, 4) is 5.75 Å². The highest BCUT2D eigenvalue weighted by Gasteiger charge is 2.22. The van der Waals surface area contributed by atoms with Crippen molar-refractivity contribution in [3.05, 3.63) is 65.7 Å². The maximum absolute atomic E-state index is 12.8. The Balaban J connectivity index is 1.53. The second-order valence-electron chi connectivity index (χ2n) is 9.10. The minimum atomic E-state index is -0.311. The van der Waals surface area contributed by atoms with Crippen LogP contribution in [0.15, 0.2) is 54.6 Å². The van der Waals surface area contributed by atoms with Crippen molar-refractivity contribution >= 4 is 44.3 Å². The summed E-state index contributed by atoms with van der Waals surface area (Å²) >= 11 is 1.36. The molecular weight excluding hydrogens is 476 g/mol. The first-order chi connectivity index (χ1) is 17.2. The van der Waals surface area contributed by atoms with Crippen molar-refractivity contribution in [2.24, 2.45) is 0 Å². The number of thiazole rings is 1. The molecule has 3 aromatic rings. The van der Waals surface area contributed by atoms with Gasteiger partial charge in [-0.2, -0.15) is 0 Å². The van der Waals surface area contributed by atoms with E-state index >= 15 is 0 Å². The van der Waals surface area contributed by atoms with Crippen LogP contribution < -0.4 is 9.90 Å². The number of benzene rings is 2. The fourth-order valence-corrected chi connectivity index (χ4v) is 4.85. The molecule has 1 saturated heterocycles. The molecule has 0 spiro atoms. The van der Waals surface area contributed by atoms with Crippen LogP contribution in [0.25, 0.3) is 10.2 Å². The molecule has 9 heteroatoms. The molecule has 0 atom stereocenters. The van der Waals surface area contributed by atoms with E-state index in [-0.39, 0.29) is 23.5 Å². The molecule has 1 fully saturated rings. The Morgan fingerprint density at radius 2 is 1.78 bits per heavy atom. The molecule has 1 aliphatic heterocycles. The molecule has 8 nitrogen and oxygen atoms in total. The van der Waals surface area contributed by atoms with E-state index in [1.807, 2.05) is 45.2 Å². The van der Waals surface area contributed by atoms with Crippen LogP contribution in [0.2, 0.25) is 0 Å². The number of hydrogen-bond donors (Lipinski definition) is 0. The van der Waals surface area contributed by atoms with Crippen molar-refractivity contribution < 1.29 is 19.2 Å². The molecule has 0 unspecified atom stereocenters. The van der Waals surface area contributed by atoms with E-state index in [1.54, 1.807) is 23.1 Å². The summed E-state index contributed by atoms with van der Waals surface area (Å²) in [4.78, 5) is 52.2. The van der Waals surface area contributed by atoms with Crippen LogP contribution in [-0.4, -0.2) is 65.6 Å². The van der Waals surface area contributed by atoms with Crippen LogP contribution in [0, 0.1) is 0 Å². The van der Waals surface area contributed by atoms with E-state index < -0.39 is 0 Å². The lowest BCUT2D eigenvalue weighted by Gasteiger charge is -2.31. The van der Waals surface area contributed by atoms with Gasteiger partial charge in [-0.05, 0) is 49.4 Å². The topological polar surface area (TPSA) is 83.0 Å². The summed E-state index contributed by atoms with van der Waals surface area (Å²) in [6, 6.07) is 12.7. The van der Waals surface area contributed by atoms with Crippen molar-refractivity contribution in [1.29, 1.82) is 0 Å². The van der Waals surface area contributed by atoms with Crippen molar-refractivity contribution in [2.75, 3.05) is 38.3 Å². The highest BCUT2D eigenvalue weighted by Crippen LogP contribution is 2.33. The van der Waals surface area contributed by atoms with Crippen LogP contribution in [0.4, 0.5) is 5.13 Å². The summed E-state index contributed by atoms with van der Waals surface area (Å²) in [5.41, 5.74) is 2.00. The molecule has 2 amide bonds. The number of nitrogens with zero attached hydrogens (tertiary/aromatic N) is 4. The number of piperazine rings is 1. The van der Waals surface area contributed by atoms with Gasteiger partial charge in [-0.3, -0.25) is 14.4 Å². The summed E-state index contributed by atoms with van der Waals surface area (Å²) in [6.07, 6.45) is 2.67. The number of aromatic nitrogens is 1. The van der Waals surface area contributed by atoms with Gasteiger partial charge in [0.1, 0.15) is 0 Å². The Kier molecular flexibility index (Phi) is 7.81. The largest absolute Gasteiger partial charge is 0.369 e. The van der Waals surface area contributed by atoms with Gasteiger partial charge >= 0.3 is 0 Å². The van der Waals surface area contributed by atoms with E-state index in [0.29, 0.717) is 29.5 Å².